The number of carbonyl (C=O) groups excluding carboxylic acids is 2. The van der Waals surface area contributed by atoms with E-state index in [1.54, 1.807) is 31.2 Å². The Morgan fingerprint density at radius 3 is 2.64 bits per heavy atom. The molecular weight excluding hydrogens is 368 g/mol. The molecule has 7 heteroatoms. The normalized spacial score (nSPS) is 10.7. The lowest BCUT2D eigenvalue weighted by molar-refractivity contribution is -0.142. The zero-order valence-corrected chi connectivity index (χ0v) is 14.7. The zero-order chi connectivity index (χ0) is 18.4. The van der Waals surface area contributed by atoms with Crippen LogP contribution in [0.15, 0.2) is 42.5 Å². The van der Waals surface area contributed by atoms with Crippen molar-refractivity contribution in [2.75, 3.05) is 11.9 Å². The Balaban J connectivity index is 1.85. The minimum Gasteiger partial charge on any atom is -0.452 e. The average Bonchev–Trinajstić information content (AvgIpc) is 2.55. The number of esters is 1. The molecule has 1 N–H and O–H groups in total. The lowest BCUT2D eigenvalue weighted by Gasteiger charge is -2.06. The van der Waals surface area contributed by atoms with Crippen molar-refractivity contribution >= 4 is 46.8 Å². The summed E-state index contributed by atoms with van der Waals surface area (Å²) < 4.78 is 18.2. The molecule has 0 aliphatic rings. The van der Waals surface area contributed by atoms with E-state index in [1.807, 2.05) is 0 Å². The van der Waals surface area contributed by atoms with E-state index in [0.717, 1.165) is 6.08 Å². The highest BCUT2D eigenvalue weighted by atomic mass is 35.5. The van der Waals surface area contributed by atoms with Gasteiger partial charge in [-0.3, -0.25) is 4.79 Å². The number of ether oxygens (including phenoxy) is 1. The van der Waals surface area contributed by atoms with Crippen molar-refractivity contribution in [3.63, 3.8) is 0 Å². The van der Waals surface area contributed by atoms with E-state index in [9.17, 15) is 14.0 Å². The molecule has 0 saturated carbocycles. The van der Waals surface area contributed by atoms with E-state index >= 15 is 0 Å². The number of benzene rings is 2. The fourth-order valence-corrected chi connectivity index (χ4v) is 2.32. The Labute approximate surface area is 154 Å². The highest BCUT2D eigenvalue weighted by Gasteiger charge is 2.07. The standard InChI is InChI=1S/C18H14Cl2FNO3/c1-11-2-6-14(9-16(11)21)22-17(23)10-25-18(24)7-4-12-3-5-13(19)8-15(12)20/h2-9H,10H2,1H3,(H,22,23)/b7-4+. The van der Waals surface area contributed by atoms with E-state index in [-0.39, 0.29) is 5.69 Å². The largest absolute Gasteiger partial charge is 0.452 e. The van der Waals surface area contributed by atoms with Crippen LogP contribution in [-0.4, -0.2) is 18.5 Å². The third-order valence-corrected chi connectivity index (χ3v) is 3.73. The molecule has 0 aliphatic heterocycles. The van der Waals surface area contributed by atoms with Crippen molar-refractivity contribution in [3.05, 3.63) is 69.5 Å². The van der Waals surface area contributed by atoms with Gasteiger partial charge in [0.05, 0.1) is 0 Å². The van der Waals surface area contributed by atoms with Crippen LogP contribution in [0, 0.1) is 12.7 Å². The third kappa shape index (κ3) is 5.89. The van der Waals surface area contributed by atoms with Crippen molar-refractivity contribution < 1.29 is 18.7 Å². The maximum absolute atomic E-state index is 13.4. The summed E-state index contributed by atoms with van der Waals surface area (Å²) >= 11 is 11.8. The van der Waals surface area contributed by atoms with Gasteiger partial charge in [-0.05, 0) is 48.4 Å². The molecule has 0 aliphatic carbocycles. The average molecular weight is 382 g/mol. The summed E-state index contributed by atoms with van der Waals surface area (Å²) in [4.78, 5) is 23.3. The van der Waals surface area contributed by atoms with Crippen molar-refractivity contribution in [2.24, 2.45) is 0 Å². The molecule has 0 unspecified atom stereocenters. The van der Waals surface area contributed by atoms with Crippen LogP contribution < -0.4 is 5.32 Å². The van der Waals surface area contributed by atoms with Crippen molar-refractivity contribution in [2.45, 2.75) is 6.92 Å². The van der Waals surface area contributed by atoms with Crippen LogP contribution in [0.5, 0.6) is 0 Å². The van der Waals surface area contributed by atoms with Crippen LogP contribution in [0.3, 0.4) is 0 Å². The van der Waals surface area contributed by atoms with Crippen molar-refractivity contribution in [3.8, 4) is 0 Å². The van der Waals surface area contributed by atoms with E-state index in [1.165, 1.54) is 18.2 Å². The van der Waals surface area contributed by atoms with Gasteiger partial charge in [0.1, 0.15) is 5.82 Å². The second kappa shape index (κ2) is 8.65. The Bertz CT molecular complexity index is 837. The first-order valence-electron chi connectivity index (χ1n) is 7.21. The molecule has 4 nitrogen and oxygen atoms in total. The van der Waals surface area contributed by atoms with Gasteiger partial charge in [0, 0.05) is 21.8 Å². The molecule has 0 bridgehead atoms. The van der Waals surface area contributed by atoms with Crippen LogP contribution in [0.2, 0.25) is 10.0 Å². The summed E-state index contributed by atoms with van der Waals surface area (Å²) in [6.45, 7) is 1.12. The number of hydrogen-bond acceptors (Lipinski definition) is 3. The second-order valence-electron chi connectivity index (χ2n) is 5.12. The lowest BCUT2D eigenvalue weighted by atomic mass is 10.2. The van der Waals surface area contributed by atoms with Gasteiger partial charge >= 0.3 is 5.97 Å². The van der Waals surface area contributed by atoms with Crippen LogP contribution in [0.1, 0.15) is 11.1 Å². The topological polar surface area (TPSA) is 55.4 Å². The summed E-state index contributed by atoms with van der Waals surface area (Å²) in [5.74, 6) is -1.72. The molecule has 130 valence electrons. The van der Waals surface area contributed by atoms with Gasteiger partial charge in [-0.2, -0.15) is 0 Å². The summed E-state index contributed by atoms with van der Waals surface area (Å²) in [5, 5.41) is 3.30. The SMILES string of the molecule is Cc1ccc(NC(=O)COC(=O)/C=C/c2ccc(Cl)cc2Cl)cc1F. The maximum atomic E-state index is 13.4. The minimum atomic E-state index is -0.712. The summed E-state index contributed by atoms with van der Waals surface area (Å²) in [5.41, 5.74) is 1.34. The fraction of sp³-hybridized carbons (Fsp3) is 0.111. The van der Waals surface area contributed by atoms with Crippen molar-refractivity contribution in [1.82, 2.24) is 0 Å². The summed E-state index contributed by atoms with van der Waals surface area (Å²) in [6.07, 6.45) is 2.60. The predicted octanol–water partition coefficient (Wildman–Crippen LogP) is 4.64. The first kappa shape index (κ1) is 19.0. The Morgan fingerprint density at radius 1 is 1.20 bits per heavy atom. The number of amides is 1. The Kier molecular flexibility index (Phi) is 6.56. The number of hydrogen-bond donors (Lipinski definition) is 1. The van der Waals surface area contributed by atoms with Crippen LogP contribution in [0.25, 0.3) is 6.08 Å². The molecule has 0 aromatic heterocycles. The monoisotopic (exact) mass is 381 g/mol. The number of aryl methyl sites for hydroxylation is 1. The summed E-state index contributed by atoms with van der Waals surface area (Å²) in [7, 11) is 0. The Morgan fingerprint density at radius 2 is 1.96 bits per heavy atom. The molecule has 2 aromatic carbocycles. The molecule has 0 spiro atoms. The van der Waals surface area contributed by atoms with Gasteiger partial charge in [-0.25, -0.2) is 9.18 Å². The van der Waals surface area contributed by atoms with Crippen LogP contribution in [0.4, 0.5) is 10.1 Å². The first-order valence-corrected chi connectivity index (χ1v) is 7.96. The second-order valence-corrected chi connectivity index (χ2v) is 5.96. The molecule has 2 aromatic rings. The zero-order valence-electron chi connectivity index (χ0n) is 13.2. The van der Waals surface area contributed by atoms with E-state index < -0.39 is 24.3 Å². The number of rotatable bonds is 5. The lowest BCUT2D eigenvalue weighted by Crippen LogP contribution is -2.20. The van der Waals surface area contributed by atoms with Gasteiger partial charge in [-0.1, -0.05) is 35.3 Å². The van der Waals surface area contributed by atoms with E-state index in [0.29, 0.717) is 21.2 Å². The van der Waals surface area contributed by atoms with Crippen LogP contribution in [-0.2, 0) is 14.3 Å². The third-order valence-electron chi connectivity index (χ3n) is 3.16. The molecule has 2 rings (SSSR count). The quantitative estimate of drug-likeness (QED) is 0.606. The molecule has 0 heterocycles. The van der Waals surface area contributed by atoms with Gasteiger partial charge in [-0.15, -0.1) is 0 Å². The van der Waals surface area contributed by atoms with Gasteiger partial charge in [0.2, 0.25) is 0 Å². The van der Waals surface area contributed by atoms with Gasteiger partial charge in [0.25, 0.3) is 5.91 Å². The first-order chi connectivity index (χ1) is 11.8. The molecule has 0 radical (unpaired) electrons. The molecule has 25 heavy (non-hydrogen) atoms. The van der Waals surface area contributed by atoms with Gasteiger partial charge < -0.3 is 10.1 Å². The van der Waals surface area contributed by atoms with Crippen LogP contribution >= 0.6 is 23.2 Å². The summed E-state index contributed by atoms with van der Waals surface area (Å²) in [6, 6.07) is 9.11. The predicted molar refractivity (Wildman–Crippen MR) is 96.2 cm³/mol. The van der Waals surface area contributed by atoms with Gasteiger partial charge in [0.15, 0.2) is 6.61 Å². The molecule has 0 saturated heterocycles. The molecule has 0 atom stereocenters. The number of nitrogens with one attached hydrogen (secondary N) is 1. The number of carbonyl (C=O) groups is 2. The maximum Gasteiger partial charge on any atom is 0.331 e. The van der Waals surface area contributed by atoms with Crippen molar-refractivity contribution in [1.29, 1.82) is 0 Å². The molecular formula is C18H14Cl2FNO3. The minimum absolute atomic E-state index is 0.285. The number of anilines is 1. The molecule has 1 amide bonds. The highest BCUT2D eigenvalue weighted by Crippen LogP contribution is 2.22. The highest BCUT2D eigenvalue weighted by molar-refractivity contribution is 6.35. The Hall–Kier alpha value is -2.37. The van der Waals surface area contributed by atoms with E-state index in [2.05, 4.69) is 5.32 Å². The fourth-order valence-electron chi connectivity index (χ4n) is 1.85. The number of halogens is 3. The van der Waals surface area contributed by atoms with E-state index in [4.69, 9.17) is 27.9 Å². The molecule has 0 fully saturated rings. The smallest absolute Gasteiger partial charge is 0.331 e.